The van der Waals surface area contributed by atoms with Crippen molar-refractivity contribution in [3.8, 4) is 12.3 Å². The fraction of sp³-hybridized carbons (Fsp3) is 0.571. The van der Waals surface area contributed by atoms with Crippen LogP contribution in [0.2, 0.25) is 5.02 Å². The first-order chi connectivity index (χ1) is 9.04. The smallest absolute Gasteiger partial charge is 0.292 e. The van der Waals surface area contributed by atoms with Crippen molar-refractivity contribution in [3.05, 3.63) is 21.6 Å². The molecule has 0 saturated carbocycles. The second-order valence-electron chi connectivity index (χ2n) is 4.54. The Morgan fingerprint density at radius 2 is 2.16 bits per heavy atom. The van der Waals surface area contributed by atoms with E-state index in [-0.39, 0.29) is 18.1 Å². The van der Waals surface area contributed by atoms with Gasteiger partial charge in [0.1, 0.15) is 12.2 Å². The van der Waals surface area contributed by atoms with E-state index in [4.69, 9.17) is 18.0 Å². The van der Waals surface area contributed by atoms with E-state index in [0.29, 0.717) is 16.6 Å². The zero-order chi connectivity index (χ0) is 14.4. The lowest BCUT2D eigenvalue weighted by atomic mass is 9.95. The van der Waals surface area contributed by atoms with Crippen molar-refractivity contribution in [2.75, 3.05) is 5.32 Å². The van der Waals surface area contributed by atoms with Crippen LogP contribution < -0.4 is 10.9 Å². The largest absolute Gasteiger partial charge is 0.377 e. The number of terminal acetylenes is 1. The summed E-state index contributed by atoms with van der Waals surface area (Å²) < 4.78 is 1.23. The fourth-order valence-electron chi connectivity index (χ4n) is 2.14. The Kier molecular flexibility index (Phi) is 5.91. The minimum Gasteiger partial charge on any atom is -0.377 e. The van der Waals surface area contributed by atoms with Crippen LogP contribution in [0.5, 0.6) is 0 Å². The van der Waals surface area contributed by atoms with Crippen molar-refractivity contribution in [2.45, 2.75) is 46.2 Å². The number of anilines is 1. The Balaban J connectivity index is 3.04. The molecule has 1 atom stereocenters. The van der Waals surface area contributed by atoms with Crippen molar-refractivity contribution in [2.24, 2.45) is 5.92 Å². The second kappa shape index (κ2) is 7.20. The molecule has 0 aliphatic carbocycles. The van der Waals surface area contributed by atoms with Crippen molar-refractivity contribution in [1.29, 1.82) is 0 Å². The molecule has 1 N–H and O–H groups in total. The molecule has 4 nitrogen and oxygen atoms in total. The predicted octanol–water partition coefficient (Wildman–Crippen LogP) is 2.77. The molecule has 1 heterocycles. The predicted molar refractivity (Wildman–Crippen MR) is 79.5 cm³/mol. The molecule has 0 radical (unpaired) electrons. The van der Waals surface area contributed by atoms with Gasteiger partial charge in [-0.3, -0.25) is 4.79 Å². The van der Waals surface area contributed by atoms with Gasteiger partial charge in [0, 0.05) is 6.04 Å². The summed E-state index contributed by atoms with van der Waals surface area (Å²) in [6.45, 7) is 6.47. The molecule has 0 aliphatic heterocycles. The van der Waals surface area contributed by atoms with Gasteiger partial charge in [0.2, 0.25) is 0 Å². The van der Waals surface area contributed by atoms with Crippen LogP contribution >= 0.6 is 11.6 Å². The third-order valence-corrected chi connectivity index (χ3v) is 3.65. The lowest BCUT2D eigenvalue weighted by Gasteiger charge is -2.23. The summed E-state index contributed by atoms with van der Waals surface area (Å²) in [5.41, 5.74) is 0.106. The van der Waals surface area contributed by atoms with Gasteiger partial charge < -0.3 is 5.32 Å². The number of nitrogens with one attached hydrogen (secondary N) is 1. The standard InChI is InChI=1S/C14H20ClN3O/c1-5-8-18-14(19)13(12(15)9-16-18)17-10(4)11(6-2)7-3/h1,9-11,17H,6-8H2,2-4H3. The Morgan fingerprint density at radius 1 is 1.53 bits per heavy atom. The van der Waals surface area contributed by atoms with Crippen molar-refractivity contribution < 1.29 is 0 Å². The van der Waals surface area contributed by atoms with Crippen molar-refractivity contribution in [1.82, 2.24) is 9.78 Å². The second-order valence-corrected chi connectivity index (χ2v) is 4.95. The molecule has 0 amide bonds. The van der Waals surface area contributed by atoms with Crippen LogP contribution in [0.15, 0.2) is 11.0 Å². The SMILES string of the molecule is C#CCn1ncc(Cl)c(NC(C)C(CC)CC)c1=O. The zero-order valence-corrected chi connectivity index (χ0v) is 12.4. The molecule has 0 aromatic carbocycles. The Hall–Kier alpha value is -1.47. The molecule has 19 heavy (non-hydrogen) atoms. The van der Waals surface area contributed by atoms with E-state index in [1.54, 1.807) is 0 Å². The molecular formula is C14H20ClN3O. The third kappa shape index (κ3) is 3.74. The first-order valence-electron chi connectivity index (χ1n) is 6.50. The van der Waals surface area contributed by atoms with E-state index in [2.05, 4.69) is 37.1 Å². The highest BCUT2D eigenvalue weighted by Crippen LogP contribution is 2.21. The number of nitrogens with zero attached hydrogens (tertiary/aromatic N) is 2. The van der Waals surface area contributed by atoms with Crippen molar-refractivity contribution >= 4 is 17.3 Å². The maximum atomic E-state index is 12.2. The van der Waals surface area contributed by atoms with Gasteiger partial charge in [-0.25, -0.2) is 4.68 Å². The monoisotopic (exact) mass is 281 g/mol. The van der Waals surface area contributed by atoms with E-state index in [9.17, 15) is 4.79 Å². The topological polar surface area (TPSA) is 46.9 Å². The molecule has 1 aromatic heterocycles. The van der Waals surface area contributed by atoms with Crippen molar-refractivity contribution in [3.63, 3.8) is 0 Å². The van der Waals surface area contributed by atoms with Gasteiger partial charge in [-0.1, -0.05) is 44.2 Å². The lowest BCUT2D eigenvalue weighted by molar-refractivity contribution is 0.437. The van der Waals surface area contributed by atoms with E-state index in [1.807, 2.05) is 0 Å². The van der Waals surface area contributed by atoms with E-state index < -0.39 is 0 Å². The number of hydrogen-bond acceptors (Lipinski definition) is 3. The molecule has 1 rings (SSSR count). The van der Waals surface area contributed by atoms with Gasteiger partial charge in [0.25, 0.3) is 5.56 Å². The molecule has 104 valence electrons. The molecule has 0 aliphatic rings. The van der Waals surface area contributed by atoms with Gasteiger partial charge in [0.15, 0.2) is 0 Å². The number of aromatic nitrogens is 2. The van der Waals surface area contributed by atoms with Crippen LogP contribution in [0, 0.1) is 18.3 Å². The zero-order valence-electron chi connectivity index (χ0n) is 11.6. The van der Waals surface area contributed by atoms with Crippen LogP contribution in [0.4, 0.5) is 5.69 Å². The molecule has 1 unspecified atom stereocenters. The van der Waals surface area contributed by atoms with E-state index >= 15 is 0 Å². The summed E-state index contributed by atoms with van der Waals surface area (Å²) in [7, 11) is 0. The summed E-state index contributed by atoms with van der Waals surface area (Å²) in [4.78, 5) is 12.2. The van der Waals surface area contributed by atoms with E-state index in [0.717, 1.165) is 12.8 Å². The van der Waals surface area contributed by atoms with Gasteiger partial charge in [0.05, 0.1) is 11.2 Å². The summed E-state index contributed by atoms with van der Waals surface area (Å²) in [5, 5.41) is 7.45. The maximum Gasteiger partial charge on any atom is 0.292 e. The minimum absolute atomic E-state index is 0.143. The summed E-state index contributed by atoms with van der Waals surface area (Å²) in [6.07, 6.45) is 8.75. The van der Waals surface area contributed by atoms with Gasteiger partial charge in [-0.05, 0) is 12.8 Å². The summed E-state index contributed by atoms with van der Waals surface area (Å²) in [5.74, 6) is 2.89. The highest BCUT2D eigenvalue weighted by atomic mass is 35.5. The van der Waals surface area contributed by atoms with E-state index in [1.165, 1.54) is 10.9 Å². The molecule has 0 fully saturated rings. The Bertz CT molecular complexity index is 514. The average molecular weight is 282 g/mol. The highest BCUT2D eigenvalue weighted by molar-refractivity contribution is 6.33. The summed E-state index contributed by atoms with van der Waals surface area (Å²) >= 11 is 6.05. The quantitative estimate of drug-likeness (QED) is 0.816. The van der Waals surface area contributed by atoms with Gasteiger partial charge in [-0.15, -0.1) is 6.42 Å². The van der Waals surface area contributed by atoms with Crippen LogP contribution in [0.25, 0.3) is 0 Å². The molecule has 0 saturated heterocycles. The number of rotatable bonds is 6. The average Bonchev–Trinajstić information content (AvgIpc) is 2.39. The fourth-order valence-corrected chi connectivity index (χ4v) is 2.32. The normalized spacial score (nSPS) is 12.2. The molecule has 5 heteroatoms. The third-order valence-electron chi connectivity index (χ3n) is 3.37. The molecule has 0 spiro atoms. The molecule has 1 aromatic rings. The van der Waals surface area contributed by atoms with Crippen LogP contribution in [-0.4, -0.2) is 15.8 Å². The maximum absolute atomic E-state index is 12.2. The lowest BCUT2D eigenvalue weighted by Crippen LogP contribution is -2.32. The number of hydrogen-bond donors (Lipinski definition) is 1. The van der Waals surface area contributed by atoms with Crippen LogP contribution in [-0.2, 0) is 6.54 Å². The minimum atomic E-state index is -0.275. The Morgan fingerprint density at radius 3 is 2.68 bits per heavy atom. The summed E-state index contributed by atoms with van der Waals surface area (Å²) in [6, 6.07) is 0.168. The molecular weight excluding hydrogens is 262 g/mol. The number of halogens is 1. The first kappa shape index (κ1) is 15.6. The first-order valence-corrected chi connectivity index (χ1v) is 6.88. The Labute approximate surface area is 119 Å². The van der Waals surface area contributed by atoms with Crippen LogP contribution in [0.3, 0.4) is 0 Å². The van der Waals surface area contributed by atoms with Gasteiger partial charge >= 0.3 is 0 Å². The molecule has 0 bridgehead atoms. The highest BCUT2D eigenvalue weighted by Gasteiger charge is 2.17. The van der Waals surface area contributed by atoms with Gasteiger partial charge in [-0.2, -0.15) is 5.10 Å². The van der Waals surface area contributed by atoms with Crippen LogP contribution in [0.1, 0.15) is 33.6 Å².